The maximum absolute atomic E-state index is 11.4. The number of aliphatic carboxylic acids is 1. The van der Waals surface area contributed by atoms with Crippen LogP contribution in [0.25, 0.3) is 0 Å². The number of carboxylic acids is 1. The SMILES string of the molecule is Cc1cc(C)c(C(C)(C)CC(=O)O)c(OS(C)(=O)=O)c1. The van der Waals surface area contributed by atoms with Gasteiger partial charge in [-0.3, -0.25) is 4.79 Å². The van der Waals surface area contributed by atoms with Crippen molar-refractivity contribution >= 4 is 16.1 Å². The van der Waals surface area contributed by atoms with Gasteiger partial charge < -0.3 is 9.29 Å². The second-order valence-corrected chi connectivity index (χ2v) is 7.27. The van der Waals surface area contributed by atoms with Gasteiger partial charge in [-0.2, -0.15) is 8.42 Å². The fraction of sp³-hybridized carbons (Fsp3) is 0.500. The minimum Gasteiger partial charge on any atom is -0.481 e. The van der Waals surface area contributed by atoms with Crippen molar-refractivity contribution in [3.8, 4) is 5.75 Å². The van der Waals surface area contributed by atoms with Gasteiger partial charge in [-0.1, -0.05) is 19.9 Å². The van der Waals surface area contributed by atoms with Crippen LogP contribution in [0.5, 0.6) is 5.75 Å². The van der Waals surface area contributed by atoms with Gasteiger partial charge in [0.2, 0.25) is 0 Å². The van der Waals surface area contributed by atoms with E-state index < -0.39 is 21.5 Å². The zero-order chi connectivity index (χ0) is 15.7. The normalized spacial score (nSPS) is 12.2. The van der Waals surface area contributed by atoms with Gasteiger partial charge in [0.05, 0.1) is 12.7 Å². The van der Waals surface area contributed by atoms with Gasteiger partial charge in [0.1, 0.15) is 5.75 Å². The summed E-state index contributed by atoms with van der Waals surface area (Å²) in [6.07, 6.45) is 0.857. The van der Waals surface area contributed by atoms with E-state index in [2.05, 4.69) is 0 Å². The van der Waals surface area contributed by atoms with Crippen molar-refractivity contribution < 1.29 is 22.5 Å². The van der Waals surface area contributed by atoms with Crippen molar-refractivity contribution in [3.05, 3.63) is 28.8 Å². The van der Waals surface area contributed by atoms with E-state index in [0.29, 0.717) is 5.56 Å². The first-order chi connectivity index (χ1) is 8.92. The molecule has 0 fully saturated rings. The van der Waals surface area contributed by atoms with Crippen molar-refractivity contribution in [1.29, 1.82) is 0 Å². The highest BCUT2D eigenvalue weighted by Gasteiger charge is 2.30. The molecule has 112 valence electrons. The highest BCUT2D eigenvalue weighted by molar-refractivity contribution is 7.86. The lowest BCUT2D eigenvalue weighted by atomic mass is 9.78. The molecule has 0 heterocycles. The molecule has 6 heteroatoms. The number of hydrogen-bond acceptors (Lipinski definition) is 4. The molecule has 0 saturated heterocycles. The summed E-state index contributed by atoms with van der Waals surface area (Å²) in [5, 5.41) is 9.02. The van der Waals surface area contributed by atoms with Crippen LogP contribution in [0, 0.1) is 13.8 Å². The Morgan fingerprint density at radius 1 is 1.30 bits per heavy atom. The van der Waals surface area contributed by atoms with Gasteiger partial charge in [-0.25, -0.2) is 0 Å². The number of hydrogen-bond donors (Lipinski definition) is 1. The van der Waals surface area contributed by atoms with Crippen LogP contribution in [0.15, 0.2) is 12.1 Å². The molecule has 0 bridgehead atoms. The average molecular weight is 300 g/mol. The number of aryl methyl sites for hydroxylation is 2. The molecule has 20 heavy (non-hydrogen) atoms. The maximum atomic E-state index is 11.4. The Morgan fingerprint density at radius 3 is 2.30 bits per heavy atom. The molecular formula is C14H20O5S. The molecule has 1 rings (SSSR count). The molecule has 0 unspecified atom stereocenters. The van der Waals surface area contributed by atoms with E-state index in [9.17, 15) is 13.2 Å². The van der Waals surface area contributed by atoms with Crippen molar-refractivity contribution in [2.75, 3.05) is 6.26 Å². The Morgan fingerprint density at radius 2 is 1.85 bits per heavy atom. The molecule has 5 nitrogen and oxygen atoms in total. The van der Waals surface area contributed by atoms with Gasteiger partial charge >= 0.3 is 16.1 Å². The summed E-state index contributed by atoms with van der Waals surface area (Å²) < 4.78 is 27.8. The molecule has 1 aromatic rings. The fourth-order valence-electron chi connectivity index (χ4n) is 2.49. The van der Waals surface area contributed by atoms with Gasteiger partial charge in [-0.05, 0) is 31.0 Å². The second-order valence-electron chi connectivity index (χ2n) is 5.70. The summed E-state index contributed by atoms with van der Waals surface area (Å²) in [4.78, 5) is 11.0. The molecule has 0 aliphatic heterocycles. The van der Waals surface area contributed by atoms with E-state index in [0.717, 1.165) is 17.4 Å². The van der Waals surface area contributed by atoms with Crippen LogP contribution in [0.1, 0.15) is 37.0 Å². The third kappa shape index (κ3) is 4.23. The minimum absolute atomic E-state index is 0.114. The number of carbonyl (C=O) groups is 1. The van der Waals surface area contributed by atoms with E-state index in [1.165, 1.54) is 0 Å². The van der Waals surface area contributed by atoms with E-state index in [-0.39, 0.29) is 12.2 Å². The molecule has 1 aromatic carbocycles. The lowest BCUT2D eigenvalue weighted by Crippen LogP contribution is -2.24. The third-order valence-corrected chi connectivity index (χ3v) is 3.44. The number of carboxylic acid groups (broad SMARTS) is 1. The topological polar surface area (TPSA) is 80.7 Å². The van der Waals surface area contributed by atoms with Crippen LogP contribution < -0.4 is 4.18 Å². The first kappa shape index (κ1) is 16.5. The van der Waals surface area contributed by atoms with E-state index in [1.54, 1.807) is 19.9 Å². The van der Waals surface area contributed by atoms with Crippen molar-refractivity contribution in [1.82, 2.24) is 0 Å². The molecule has 0 aliphatic carbocycles. The van der Waals surface area contributed by atoms with Crippen LogP contribution in [-0.4, -0.2) is 25.7 Å². The molecule has 0 spiro atoms. The van der Waals surface area contributed by atoms with Crippen molar-refractivity contribution in [2.45, 2.75) is 39.5 Å². The summed E-state index contributed by atoms with van der Waals surface area (Å²) >= 11 is 0. The molecule has 0 atom stereocenters. The predicted molar refractivity (Wildman–Crippen MR) is 76.7 cm³/mol. The lowest BCUT2D eigenvalue weighted by molar-refractivity contribution is -0.138. The van der Waals surface area contributed by atoms with Gasteiger partial charge in [0, 0.05) is 11.0 Å². The number of benzene rings is 1. The van der Waals surface area contributed by atoms with E-state index >= 15 is 0 Å². The summed E-state index contributed by atoms with van der Waals surface area (Å²) in [6, 6.07) is 3.50. The molecule has 0 saturated carbocycles. The zero-order valence-electron chi connectivity index (χ0n) is 12.4. The van der Waals surface area contributed by atoms with Gasteiger partial charge in [0.15, 0.2) is 0 Å². The Hall–Kier alpha value is -1.56. The Bertz CT molecular complexity index is 629. The maximum Gasteiger partial charge on any atom is 0.306 e. The molecule has 0 aromatic heterocycles. The minimum atomic E-state index is -3.67. The predicted octanol–water partition coefficient (Wildman–Crippen LogP) is 2.39. The average Bonchev–Trinajstić information content (AvgIpc) is 2.08. The molecule has 0 radical (unpaired) electrons. The van der Waals surface area contributed by atoms with Crippen LogP contribution >= 0.6 is 0 Å². The van der Waals surface area contributed by atoms with Crippen LogP contribution in [0.2, 0.25) is 0 Å². The molecular weight excluding hydrogens is 280 g/mol. The summed E-state index contributed by atoms with van der Waals surface area (Å²) in [7, 11) is -3.67. The van der Waals surface area contributed by atoms with E-state index in [4.69, 9.17) is 9.29 Å². The van der Waals surface area contributed by atoms with Crippen molar-refractivity contribution in [2.24, 2.45) is 0 Å². The highest BCUT2D eigenvalue weighted by Crippen LogP contribution is 2.38. The summed E-state index contributed by atoms with van der Waals surface area (Å²) in [5.41, 5.74) is 1.55. The first-order valence-corrected chi connectivity index (χ1v) is 7.97. The lowest BCUT2D eigenvalue weighted by Gasteiger charge is -2.27. The van der Waals surface area contributed by atoms with Gasteiger partial charge in [-0.15, -0.1) is 0 Å². The van der Waals surface area contributed by atoms with Crippen molar-refractivity contribution in [3.63, 3.8) is 0 Å². The monoisotopic (exact) mass is 300 g/mol. The Kier molecular flexibility index (Phi) is 4.49. The Labute approximate surface area is 119 Å². The zero-order valence-corrected chi connectivity index (χ0v) is 13.2. The first-order valence-electron chi connectivity index (χ1n) is 6.15. The quantitative estimate of drug-likeness (QED) is 0.844. The smallest absolute Gasteiger partial charge is 0.306 e. The third-order valence-electron chi connectivity index (χ3n) is 2.95. The van der Waals surface area contributed by atoms with Crippen LogP contribution in [0.3, 0.4) is 0 Å². The van der Waals surface area contributed by atoms with E-state index in [1.807, 2.05) is 19.9 Å². The largest absolute Gasteiger partial charge is 0.481 e. The fourth-order valence-corrected chi connectivity index (χ4v) is 2.95. The van der Waals surface area contributed by atoms with Gasteiger partial charge in [0.25, 0.3) is 0 Å². The van der Waals surface area contributed by atoms with Crippen LogP contribution in [-0.2, 0) is 20.3 Å². The standard InChI is InChI=1S/C14H20O5S/c1-9-6-10(2)13(14(3,4)8-12(15)16)11(7-9)19-20(5,17)18/h6-7H,8H2,1-5H3,(H,15,16). The van der Waals surface area contributed by atoms with Crippen LogP contribution in [0.4, 0.5) is 0 Å². The Balaban J connectivity index is 3.47. The number of rotatable bonds is 5. The highest BCUT2D eigenvalue weighted by atomic mass is 32.2. The second kappa shape index (κ2) is 5.44. The summed E-state index contributed by atoms with van der Waals surface area (Å²) in [5.74, 6) is -0.739. The molecule has 0 amide bonds. The summed E-state index contributed by atoms with van der Waals surface area (Å²) in [6.45, 7) is 7.17. The molecule has 1 N–H and O–H groups in total. The molecule has 0 aliphatic rings.